The minimum absolute atomic E-state index is 0.0477. The van der Waals surface area contributed by atoms with Gasteiger partial charge in [-0.05, 0) is 61.7 Å². The third kappa shape index (κ3) is 3.94. The molecule has 2 heterocycles. The lowest BCUT2D eigenvalue weighted by Crippen LogP contribution is -2.33. The summed E-state index contributed by atoms with van der Waals surface area (Å²) < 4.78 is 28.0. The highest BCUT2D eigenvalue weighted by atomic mass is 19.1. The first kappa shape index (κ1) is 21.8. The van der Waals surface area contributed by atoms with Crippen molar-refractivity contribution in [1.29, 1.82) is 0 Å². The summed E-state index contributed by atoms with van der Waals surface area (Å²) in [5, 5.41) is 3.09. The fourth-order valence-electron chi connectivity index (χ4n) is 4.39. The molecule has 1 fully saturated rings. The van der Waals surface area contributed by atoms with E-state index in [2.05, 4.69) is 10.2 Å². The van der Waals surface area contributed by atoms with Crippen LogP contribution in [-0.4, -0.2) is 24.9 Å². The Morgan fingerprint density at radius 1 is 0.824 bits per heavy atom. The number of benzene rings is 3. The maximum atomic E-state index is 14.5. The first-order chi connectivity index (χ1) is 16.4. The molecule has 5 rings (SSSR count). The summed E-state index contributed by atoms with van der Waals surface area (Å²) in [6, 6.07) is 17.6. The Hall–Kier alpha value is -4.00. The number of aryl methyl sites for hydroxylation is 1. The SMILES string of the molecule is Cc1ccc(C2=C(Nc3ccc(N4CCCC4)cc3)C(=O)N(c3ccc(F)cc3F)C2=O)cc1. The van der Waals surface area contributed by atoms with E-state index in [4.69, 9.17) is 0 Å². The number of anilines is 3. The molecule has 2 aliphatic heterocycles. The molecular weight excluding hydrogens is 436 g/mol. The van der Waals surface area contributed by atoms with Gasteiger partial charge in [0.1, 0.15) is 17.3 Å². The minimum Gasteiger partial charge on any atom is -0.372 e. The second kappa shape index (κ2) is 8.74. The van der Waals surface area contributed by atoms with Gasteiger partial charge in [0.15, 0.2) is 0 Å². The maximum absolute atomic E-state index is 14.5. The molecule has 0 aliphatic carbocycles. The number of carbonyl (C=O) groups excluding carboxylic acids is 2. The van der Waals surface area contributed by atoms with E-state index in [1.54, 1.807) is 12.1 Å². The summed E-state index contributed by atoms with van der Waals surface area (Å²) in [4.78, 5) is 29.9. The average molecular weight is 459 g/mol. The summed E-state index contributed by atoms with van der Waals surface area (Å²) in [5.41, 5.74) is 3.15. The van der Waals surface area contributed by atoms with E-state index in [-0.39, 0.29) is 17.0 Å². The quantitative estimate of drug-likeness (QED) is 0.528. The predicted molar refractivity (Wildman–Crippen MR) is 128 cm³/mol. The first-order valence-electron chi connectivity index (χ1n) is 11.2. The van der Waals surface area contributed by atoms with E-state index < -0.39 is 23.4 Å². The van der Waals surface area contributed by atoms with Gasteiger partial charge in [0.2, 0.25) is 0 Å². The molecule has 0 bridgehead atoms. The molecule has 2 aliphatic rings. The number of carbonyl (C=O) groups is 2. The molecule has 3 aromatic rings. The van der Waals surface area contributed by atoms with Gasteiger partial charge in [-0.15, -0.1) is 0 Å². The van der Waals surface area contributed by atoms with Gasteiger partial charge in [-0.25, -0.2) is 13.7 Å². The Morgan fingerprint density at radius 3 is 2.15 bits per heavy atom. The topological polar surface area (TPSA) is 52.7 Å². The molecule has 7 heteroatoms. The van der Waals surface area contributed by atoms with Crippen molar-refractivity contribution in [3.05, 3.63) is 95.2 Å². The van der Waals surface area contributed by atoms with Crippen LogP contribution in [0.4, 0.5) is 25.8 Å². The third-order valence-corrected chi connectivity index (χ3v) is 6.18. The van der Waals surface area contributed by atoms with Gasteiger partial charge in [-0.1, -0.05) is 29.8 Å². The fraction of sp³-hybridized carbons (Fsp3) is 0.185. The number of nitrogens with one attached hydrogen (secondary N) is 1. The summed E-state index contributed by atoms with van der Waals surface area (Å²) in [5.74, 6) is -3.14. The number of amides is 2. The van der Waals surface area contributed by atoms with Crippen molar-refractivity contribution in [2.24, 2.45) is 0 Å². The average Bonchev–Trinajstić information content (AvgIpc) is 3.44. The number of halogens is 2. The molecule has 1 N–H and O–H groups in total. The molecule has 0 spiro atoms. The van der Waals surface area contributed by atoms with Gasteiger partial charge in [0, 0.05) is 30.5 Å². The smallest absolute Gasteiger partial charge is 0.282 e. The lowest BCUT2D eigenvalue weighted by Gasteiger charge is -2.18. The summed E-state index contributed by atoms with van der Waals surface area (Å²) in [6.07, 6.45) is 2.33. The van der Waals surface area contributed by atoms with E-state index >= 15 is 0 Å². The molecule has 3 aromatic carbocycles. The third-order valence-electron chi connectivity index (χ3n) is 6.18. The minimum atomic E-state index is -0.985. The van der Waals surface area contributed by atoms with Gasteiger partial charge in [0.25, 0.3) is 11.8 Å². The number of nitrogens with zero attached hydrogens (tertiary/aromatic N) is 2. The van der Waals surface area contributed by atoms with E-state index in [0.29, 0.717) is 17.3 Å². The molecule has 0 unspecified atom stereocenters. The van der Waals surface area contributed by atoms with Crippen LogP contribution in [0, 0.1) is 18.6 Å². The van der Waals surface area contributed by atoms with Crippen LogP contribution in [0.25, 0.3) is 5.57 Å². The van der Waals surface area contributed by atoms with E-state index in [1.165, 1.54) is 12.8 Å². The van der Waals surface area contributed by atoms with E-state index in [1.807, 2.05) is 43.3 Å². The fourth-order valence-corrected chi connectivity index (χ4v) is 4.39. The van der Waals surface area contributed by atoms with Crippen LogP contribution in [0.3, 0.4) is 0 Å². The molecule has 0 aromatic heterocycles. The van der Waals surface area contributed by atoms with Crippen LogP contribution in [0.1, 0.15) is 24.0 Å². The van der Waals surface area contributed by atoms with Crippen molar-refractivity contribution in [2.45, 2.75) is 19.8 Å². The van der Waals surface area contributed by atoms with Crippen molar-refractivity contribution in [2.75, 3.05) is 28.2 Å². The van der Waals surface area contributed by atoms with Crippen LogP contribution in [0.15, 0.2) is 72.4 Å². The van der Waals surface area contributed by atoms with Gasteiger partial charge in [-0.2, -0.15) is 0 Å². The molecular formula is C27H23F2N3O2. The number of hydrogen-bond donors (Lipinski definition) is 1. The van der Waals surface area contributed by atoms with Crippen LogP contribution in [0.5, 0.6) is 0 Å². The van der Waals surface area contributed by atoms with Gasteiger partial charge in [0.05, 0.1) is 11.3 Å². The second-order valence-electron chi connectivity index (χ2n) is 8.52. The van der Waals surface area contributed by atoms with Crippen LogP contribution < -0.4 is 15.1 Å². The molecule has 2 amide bonds. The lowest BCUT2D eigenvalue weighted by molar-refractivity contribution is -0.120. The van der Waals surface area contributed by atoms with E-state index in [0.717, 1.165) is 41.4 Å². The van der Waals surface area contributed by atoms with Crippen molar-refractivity contribution < 1.29 is 18.4 Å². The van der Waals surface area contributed by atoms with Crippen molar-refractivity contribution >= 4 is 34.4 Å². The van der Waals surface area contributed by atoms with Crippen LogP contribution in [0.2, 0.25) is 0 Å². The highest BCUT2D eigenvalue weighted by Crippen LogP contribution is 2.35. The van der Waals surface area contributed by atoms with Crippen LogP contribution in [-0.2, 0) is 9.59 Å². The highest BCUT2D eigenvalue weighted by Gasteiger charge is 2.41. The zero-order valence-corrected chi connectivity index (χ0v) is 18.6. The summed E-state index contributed by atoms with van der Waals surface area (Å²) >= 11 is 0. The number of hydrogen-bond acceptors (Lipinski definition) is 4. The van der Waals surface area contributed by atoms with Crippen molar-refractivity contribution in [3.8, 4) is 0 Å². The molecule has 0 atom stereocenters. The molecule has 5 nitrogen and oxygen atoms in total. The van der Waals surface area contributed by atoms with Gasteiger partial charge in [-0.3, -0.25) is 9.59 Å². The Balaban J connectivity index is 1.53. The Morgan fingerprint density at radius 2 is 1.50 bits per heavy atom. The van der Waals surface area contributed by atoms with Crippen LogP contribution >= 0.6 is 0 Å². The number of rotatable bonds is 5. The standard InChI is InChI=1S/C27H23F2N3O2/c1-17-4-6-18(7-5-17)24-25(30-20-9-11-21(12-10-20)31-14-2-3-15-31)27(34)32(26(24)33)23-13-8-19(28)16-22(23)29/h4-13,16,30H,2-3,14-15H2,1H3. The molecule has 0 radical (unpaired) electrons. The second-order valence-corrected chi connectivity index (χ2v) is 8.52. The van der Waals surface area contributed by atoms with Gasteiger partial charge < -0.3 is 10.2 Å². The normalized spacial score (nSPS) is 16.1. The summed E-state index contributed by atoms with van der Waals surface area (Å²) in [7, 11) is 0. The maximum Gasteiger partial charge on any atom is 0.282 e. The first-order valence-corrected chi connectivity index (χ1v) is 11.2. The molecule has 0 saturated carbocycles. The largest absolute Gasteiger partial charge is 0.372 e. The lowest BCUT2D eigenvalue weighted by atomic mass is 10.0. The van der Waals surface area contributed by atoms with Crippen molar-refractivity contribution in [3.63, 3.8) is 0 Å². The molecule has 34 heavy (non-hydrogen) atoms. The monoisotopic (exact) mass is 459 g/mol. The Bertz CT molecular complexity index is 1290. The predicted octanol–water partition coefficient (Wildman–Crippen LogP) is 5.27. The van der Waals surface area contributed by atoms with Gasteiger partial charge >= 0.3 is 0 Å². The zero-order valence-electron chi connectivity index (χ0n) is 18.6. The Kier molecular flexibility index (Phi) is 5.61. The Labute approximate surface area is 196 Å². The zero-order chi connectivity index (χ0) is 23.8. The summed E-state index contributed by atoms with van der Waals surface area (Å²) in [6.45, 7) is 3.95. The molecule has 1 saturated heterocycles. The van der Waals surface area contributed by atoms with Crippen molar-refractivity contribution in [1.82, 2.24) is 0 Å². The highest BCUT2D eigenvalue weighted by molar-refractivity contribution is 6.46. The molecule has 172 valence electrons. The van der Waals surface area contributed by atoms with E-state index in [9.17, 15) is 18.4 Å². The number of imide groups is 1.